The zero-order chi connectivity index (χ0) is 11.4. The maximum absolute atomic E-state index is 8.35. The van der Waals surface area contributed by atoms with Crippen molar-refractivity contribution in [3.8, 4) is 0 Å². The van der Waals surface area contributed by atoms with Crippen LogP contribution in [0.3, 0.4) is 0 Å². The molecule has 0 saturated heterocycles. The van der Waals surface area contributed by atoms with Crippen molar-refractivity contribution in [1.82, 2.24) is 0 Å². The van der Waals surface area contributed by atoms with E-state index in [0.29, 0.717) is 5.41 Å². The van der Waals surface area contributed by atoms with Crippen LogP contribution in [-0.4, -0.2) is 12.2 Å². The predicted octanol–water partition coefficient (Wildman–Crippen LogP) is 2.33. The molecule has 1 aliphatic rings. The van der Waals surface area contributed by atoms with Crippen molar-refractivity contribution in [2.75, 3.05) is 0 Å². The monoisotopic (exact) mass is 194 g/mol. The first kappa shape index (κ1) is 14.7. The minimum atomic E-state index is 0.411. The molecule has 0 bridgehead atoms. The average Bonchev–Trinajstić information content (AvgIpc) is 2.06. The summed E-state index contributed by atoms with van der Waals surface area (Å²) in [6, 6.07) is 0. The van der Waals surface area contributed by atoms with E-state index in [1.807, 2.05) is 0 Å². The molecule has 0 heterocycles. The summed E-state index contributed by atoms with van der Waals surface area (Å²) in [5.41, 5.74) is 0.411. The summed E-state index contributed by atoms with van der Waals surface area (Å²) in [6.45, 7) is 4.49. The molecule has 0 aromatic carbocycles. The second-order valence-electron chi connectivity index (χ2n) is 3.18. The Morgan fingerprint density at radius 2 is 1.57 bits per heavy atom. The Kier molecular flexibility index (Phi) is 9.83. The molecule has 2 N–H and O–H groups in total. The van der Waals surface area contributed by atoms with Crippen molar-refractivity contribution in [3.63, 3.8) is 0 Å². The lowest BCUT2D eigenvalue weighted by atomic mass is 9.86. The molecule has 0 radical (unpaired) electrons. The van der Waals surface area contributed by atoms with E-state index in [1.54, 1.807) is 0 Å². The first-order valence-electron chi connectivity index (χ1n) is 3.96. The first-order chi connectivity index (χ1) is 6.54. The van der Waals surface area contributed by atoms with Gasteiger partial charge in [0.15, 0.2) is 0 Å². The molecular weight excluding hydrogens is 180 g/mol. The van der Waals surface area contributed by atoms with Gasteiger partial charge in [-0.1, -0.05) is 38.2 Å². The highest BCUT2D eigenvalue weighted by molar-refractivity contribution is 5.26. The van der Waals surface area contributed by atoms with Crippen molar-refractivity contribution in [1.29, 1.82) is 10.8 Å². The molecule has 1 aliphatic carbocycles. The number of hydrogen-bond acceptors (Lipinski definition) is 4. The largest absolute Gasteiger partial charge is 0.231 e. The minimum absolute atomic E-state index is 0.411. The van der Waals surface area contributed by atoms with Gasteiger partial charge in [0, 0.05) is 0 Å². The van der Waals surface area contributed by atoms with Crippen molar-refractivity contribution >= 4 is 12.2 Å². The summed E-state index contributed by atoms with van der Waals surface area (Å²) in [4.78, 5) is 16.7. The number of allylic oxidation sites excluding steroid dienone is 4. The quantitative estimate of drug-likeness (QED) is 0.458. The van der Waals surface area contributed by atoms with Gasteiger partial charge in [0.2, 0.25) is 12.2 Å². The Hall–Kier alpha value is -1.76. The fraction of sp³-hybridized carbons (Fsp3) is 0.400. The van der Waals surface area contributed by atoms with Crippen molar-refractivity contribution in [2.45, 2.75) is 20.3 Å². The molecule has 0 saturated carbocycles. The zero-order valence-electron chi connectivity index (χ0n) is 8.33. The lowest BCUT2D eigenvalue weighted by Gasteiger charge is -2.19. The molecule has 0 fully saturated rings. The van der Waals surface area contributed by atoms with Crippen LogP contribution in [0.4, 0.5) is 0 Å². The van der Waals surface area contributed by atoms with Gasteiger partial charge in [0.05, 0.1) is 0 Å². The average molecular weight is 194 g/mol. The van der Waals surface area contributed by atoms with Crippen molar-refractivity contribution in [3.05, 3.63) is 24.3 Å². The van der Waals surface area contributed by atoms with E-state index in [9.17, 15) is 0 Å². The van der Waals surface area contributed by atoms with Crippen LogP contribution >= 0.6 is 0 Å². The molecular formula is C10H14N2O2. The molecule has 1 rings (SSSR count). The van der Waals surface area contributed by atoms with Gasteiger partial charge in [-0.25, -0.2) is 20.4 Å². The second-order valence-corrected chi connectivity index (χ2v) is 3.18. The molecule has 0 unspecified atom stereocenters. The summed E-state index contributed by atoms with van der Waals surface area (Å²) >= 11 is 0. The number of hydrogen-bond donors (Lipinski definition) is 2. The van der Waals surface area contributed by atoms with Gasteiger partial charge in [-0.2, -0.15) is 0 Å². The Morgan fingerprint density at radius 1 is 1.14 bits per heavy atom. The molecule has 14 heavy (non-hydrogen) atoms. The molecule has 0 atom stereocenters. The summed E-state index contributed by atoms with van der Waals surface area (Å²) < 4.78 is 0. The van der Waals surface area contributed by atoms with Crippen LogP contribution in [0.5, 0.6) is 0 Å². The zero-order valence-corrected chi connectivity index (χ0v) is 8.33. The van der Waals surface area contributed by atoms with E-state index < -0.39 is 0 Å². The molecule has 76 valence electrons. The maximum atomic E-state index is 8.35. The van der Waals surface area contributed by atoms with Gasteiger partial charge < -0.3 is 0 Å². The highest BCUT2D eigenvalue weighted by atomic mass is 16.1. The van der Waals surface area contributed by atoms with Gasteiger partial charge in [0.25, 0.3) is 0 Å². The molecule has 4 heteroatoms. The fourth-order valence-corrected chi connectivity index (χ4v) is 0.834. The summed E-state index contributed by atoms with van der Waals surface area (Å²) in [5, 5.41) is 10.8. The maximum Gasteiger partial charge on any atom is 0.231 e. The smallest absolute Gasteiger partial charge is 0.222 e. The highest BCUT2D eigenvalue weighted by Gasteiger charge is 2.11. The SMILES string of the molecule is CC1(C)C=CC=CC1.N=C=O.N=C=O. The normalized spacial score (nSPS) is 14.7. The Labute approximate surface area is 83.3 Å². The van der Waals surface area contributed by atoms with Gasteiger partial charge in [-0.3, -0.25) is 0 Å². The van der Waals surface area contributed by atoms with E-state index in [1.165, 1.54) is 6.42 Å². The Balaban J connectivity index is 0. The van der Waals surface area contributed by atoms with Gasteiger partial charge >= 0.3 is 0 Å². The highest BCUT2D eigenvalue weighted by Crippen LogP contribution is 2.24. The summed E-state index contributed by atoms with van der Waals surface area (Å²) in [5.74, 6) is 0. The van der Waals surface area contributed by atoms with Crippen LogP contribution in [0.2, 0.25) is 0 Å². The molecule has 4 nitrogen and oxygen atoms in total. The topological polar surface area (TPSA) is 81.8 Å². The third-order valence-corrected chi connectivity index (χ3v) is 1.44. The lowest BCUT2D eigenvalue weighted by Crippen LogP contribution is -2.06. The molecule has 0 aliphatic heterocycles. The summed E-state index contributed by atoms with van der Waals surface area (Å²) in [7, 11) is 0. The Morgan fingerprint density at radius 3 is 1.71 bits per heavy atom. The molecule has 0 aromatic rings. The van der Waals surface area contributed by atoms with Crippen LogP contribution in [0, 0.1) is 16.2 Å². The van der Waals surface area contributed by atoms with Crippen molar-refractivity contribution in [2.24, 2.45) is 5.41 Å². The fourth-order valence-electron chi connectivity index (χ4n) is 0.834. The van der Waals surface area contributed by atoms with E-state index in [2.05, 4.69) is 38.2 Å². The lowest BCUT2D eigenvalue weighted by molar-refractivity contribution is 0.484. The summed E-state index contributed by atoms with van der Waals surface area (Å²) in [6.07, 6.45) is 11.4. The van der Waals surface area contributed by atoms with Crippen LogP contribution in [0.15, 0.2) is 24.3 Å². The van der Waals surface area contributed by atoms with Gasteiger partial charge in [0.1, 0.15) is 0 Å². The van der Waals surface area contributed by atoms with Crippen LogP contribution < -0.4 is 0 Å². The molecule has 0 spiro atoms. The Bertz CT molecular complexity index is 254. The van der Waals surface area contributed by atoms with Crippen LogP contribution in [0.1, 0.15) is 20.3 Å². The standard InChI is InChI=1S/C8H12.2CHNO/c1-8(2)6-4-3-5-7-8;2*2-1-3/h3-6H,7H2,1-2H3;2*2H. The van der Waals surface area contributed by atoms with E-state index in [-0.39, 0.29) is 0 Å². The van der Waals surface area contributed by atoms with Crippen molar-refractivity contribution < 1.29 is 9.59 Å². The number of rotatable bonds is 0. The third kappa shape index (κ3) is 12.9. The molecule has 0 aromatic heterocycles. The van der Waals surface area contributed by atoms with Crippen LogP contribution in [0.25, 0.3) is 0 Å². The first-order valence-corrected chi connectivity index (χ1v) is 3.96. The third-order valence-electron chi connectivity index (χ3n) is 1.44. The minimum Gasteiger partial charge on any atom is -0.222 e. The van der Waals surface area contributed by atoms with E-state index in [0.717, 1.165) is 12.2 Å². The number of carbonyl (C=O) groups excluding carboxylic acids is 2. The van der Waals surface area contributed by atoms with E-state index in [4.69, 9.17) is 20.4 Å². The second kappa shape index (κ2) is 9.33. The van der Waals surface area contributed by atoms with Crippen LogP contribution in [-0.2, 0) is 9.59 Å². The van der Waals surface area contributed by atoms with Gasteiger partial charge in [-0.15, -0.1) is 0 Å². The number of nitrogens with one attached hydrogen (secondary N) is 2. The number of isocyanates is 2. The van der Waals surface area contributed by atoms with Gasteiger partial charge in [-0.05, 0) is 11.8 Å². The van der Waals surface area contributed by atoms with E-state index >= 15 is 0 Å². The predicted molar refractivity (Wildman–Crippen MR) is 53.5 cm³/mol. The molecule has 0 amide bonds.